The number of hydrogen-bond donors (Lipinski definition) is 2. The average molecular weight is 342 g/mol. The van der Waals surface area contributed by atoms with Crippen LogP contribution in [0.5, 0.6) is 0 Å². The highest BCUT2D eigenvalue weighted by Crippen LogP contribution is 2.20. The molecule has 2 N–H and O–H groups in total. The van der Waals surface area contributed by atoms with E-state index in [9.17, 15) is 14.7 Å². The van der Waals surface area contributed by atoms with Gasteiger partial charge in [-0.2, -0.15) is 0 Å². The van der Waals surface area contributed by atoms with Gasteiger partial charge in [-0.25, -0.2) is 0 Å². The van der Waals surface area contributed by atoms with Crippen molar-refractivity contribution in [2.45, 2.75) is 31.4 Å². The van der Waals surface area contributed by atoms with Crippen molar-refractivity contribution >= 4 is 11.8 Å². The predicted octanol–water partition coefficient (Wildman–Crippen LogP) is 1.60. The first kappa shape index (κ1) is 17.2. The van der Waals surface area contributed by atoms with Crippen LogP contribution >= 0.6 is 0 Å². The van der Waals surface area contributed by atoms with Crippen LogP contribution in [-0.2, 0) is 11.2 Å². The molecule has 1 aromatic heterocycles. The second kappa shape index (κ2) is 7.98. The first-order chi connectivity index (χ1) is 12.1. The fraction of sp³-hybridized carbons (Fsp3) is 0.368. The van der Waals surface area contributed by atoms with Crippen LogP contribution in [0, 0.1) is 0 Å². The van der Waals surface area contributed by atoms with E-state index in [1.807, 2.05) is 30.3 Å². The van der Waals surface area contributed by atoms with Gasteiger partial charge in [0.1, 0.15) is 6.04 Å². The van der Waals surface area contributed by atoms with Gasteiger partial charge in [0.2, 0.25) is 5.91 Å². The Kier molecular flexibility index (Phi) is 5.50. The van der Waals surface area contributed by atoms with E-state index in [0.717, 1.165) is 12.0 Å². The van der Waals surface area contributed by atoms with Crippen LogP contribution in [0.4, 0.5) is 0 Å². The monoisotopic (exact) mass is 342 g/mol. The van der Waals surface area contributed by atoms with Gasteiger partial charge in [-0.1, -0.05) is 30.3 Å². The van der Waals surface area contributed by atoms with Gasteiger partial charge in [-0.15, -0.1) is 0 Å². The quantitative estimate of drug-likeness (QED) is 0.835. The van der Waals surface area contributed by atoms with Crippen LogP contribution in [0.1, 0.15) is 29.0 Å². The number of furan rings is 1. The molecule has 6 heteroatoms. The minimum absolute atomic E-state index is 0.160. The van der Waals surface area contributed by atoms with Gasteiger partial charge in [0.15, 0.2) is 5.76 Å². The van der Waals surface area contributed by atoms with Gasteiger partial charge < -0.3 is 19.7 Å². The lowest BCUT2D eigenvalue weighted by Crippen LogP contribution is -2.47. The first-order valence-corrected chi connectivity index (χ1v) is 8.49. The molecule has 2 unspecified atom stereocenters. The van der Waals surface area contributed by atoms with E-state index < -0.39 is 12.1 Å². The molecule has 0 bridgehead atoms. The summed E-state index contributed by atoms with van der Waals surface area (Å²) in [7, 11) is 0. The van der Waals surface area contributed by atoms with Crippen LogP contribution in [0.25, 0.3) is 0 Å². The van der Waals surface area contributed by atoms with E-state index in [-0.39, 0.29) is 24.1 Å². The number of nitrogens with zero attached hydrogens (tertiary/aromatic N) is 1. The van der Waals surface area contributed by atoms with E-state index in [1.54, 1.807) is 12.1 Å². The zero-order valence-corrected chi connectivity index (χ0v) is 13.9. The molecule has 1 fully saturated rings. The largest absolute Gasteiger partial charge is 0.459 e. The summed E-state index contributed by atoms with van der Waals surface area (Å²) in [5, 5.41) is 12.9. The highest BCUT2D eigenvalue weighted by atomic mass is 16.3. The molecule has 25 heavy (non-hydrogen) atoms. The Labute approximate surface area is 146 Å². The fourth-order valence-electron chi connectivity index (χ4n) is 3.12. The van der Waals surface area contributed by atoms with Crippen molar-refractivity contribution in [3.05, 3.63) is 60.1 Å². The molecule has 2 heterocycles. The van der Waals surface area contributed by atoms with Gasteiger partial charge in [0.25, 0.3) is 5.91 Å². The Balaban J connectivity index is 1.52. The molecule has 132 valence electrons. The number of aliphatic hydroxyl groups excluding tert-OH is 1. The number of rotatable bonds is 6. The number of carbonyl (C=O) groups is 2. The molecule has 0 saturated carbocycles. The van der Waals surface area contributed by atoms with Crippen LogP contribution in [0.3, 0.4) is 0 Å². The van der Waals surface area contributed by atoms with E-state index >= 15 is 0 Å². The predicted molar refractivity (Wildman–Crippen MR) is 91.9 cm³/mol. The SMILES string of the molecule is O=C(NCC(O)Cc1ccccc1)C1CCCN1C(=O)c1ccco1. The first-order valence-electron chi connectivity index (χ1n) is 8.49. The van der Waals surface area contributed by atoms with Gasteiger partial charge in [-0.05, 0) is 30.5 Å². The Morgan fingerprint density at radius 3 is 2.76 bits per heavy atom. The second-order valence-corrected chi connectivity index (χ2v) is 6.22. The zero-order chi connectivity index (χ0) is 17.6. The number of carbonyl (C=O) groups excluding carboxylic acids is 2. The standard InChI is InChI=1S/C19H22N2O4/c22-15(12-14-6-2-1-3-7-14)13-20-18(23)16-8-4-10-21(16)19(24)17-9-5-11-25-17/h1-3,5-7,9,11,15-16,22H,4,8,10,12-13H2,(H,20,23). The minimum atomic E-state index is -0.665. The Hall–Kier alpha value is -2.60. The van der Waals surface area contributed by atoms with Crippen molar-refractivity contribution in [2.24, 2.45) is 0 Å². The number of amides is 2. The molecular formula is C19H22N2O4. The minimum Gasteiger partial charge on any atom is -0.459 e. The Morgan fingerprint density at radius 1 is 1.24 bits per heavy atom. The summed E-state index contributed by atoms with van der Waals surface area (Å²) in [6, 6.07) is 12.4. The Morgan fingerprint density at radius 2 is 2.04 bits per heavy atom. The third kappa shape index (κ3) is 4.28. The molecule has 0 radical (unpaired) electrons. The normalized spacial score (nSPS) is 18.1. The van der Waals surface area contributed by atoms with Crippen LogP contribution in [-0.4, -0.2) is 47.1 Å². The lowest BCUT2D eigenvalue weighted by Gasteiger charge is -2.23. The maximum atomic E-state index is 12.4. The molecular weight excluding hydrogens is 320 g/mol. The second-order valence-electron chi connectivity index (χ2n) is 6.22. The number of nitrogens with one attached hydrogen (secondary N) is 1. The van der Waals surface area contributed by atoms with Crippen LogP contribution < -0.4 is 5.32 Å². The molecule has 6 nitrogen and oxygen atoms in total. The smallest absolute Gasteiger partial charge is 0.290 e. The van der Waals surface area contributed by atoms with Gasteiger partial charge in [-0.3, -0.25) is 9.59 Å². The molecule has 0 aliphatic carbocycles. The molecule has 2 amide bonds. The molecule has 2 atom stereocenters. The summed E-state index contributed by atoms with van der Waals surface area (Å²) in [6.45, 7) is 0.692. The maximum Gasteiger partial charge on any atom is 0.290 e. The summed E-state index contributed by atoms with van der Waals surface area (Å²) in [5.41, 5.74) is 1.01. The maximum absolute atomic E-state index is 12.4. The number of aliphatic hydroxyl groups is 1. The van der Waals surface area contributed by atoms with E-state index in [0.29, 0.717) is 19.4 Å². The molecule has 1 aromatic carbocycles. The van der Waals surface area contributed by atoms with Crippen LogP contribution in [0.2, 0.25) is 0 Å². The molecule has 3 rings (SSSR count). The lowest BCUT2D eigenvalue weighted by atomic mass is 10.1. The molecule has 1 aliphatic heterocycles. The summed E-state index contributed by atoms with van der Waals surface area (Å²) in [6.07, 6.45) is 2.64. The third-order valence-electron chi connectivity index (χ3n) is 4.37. The summed E-state index contributed by atoms with van der Waals surface area (Å²) < 4.78 is 5.14. The van der Waals surface area contributed by atoms with Crippen molar-refractivity contribution in [1.29, 1.82) is 0 Å². The molecule has 1 aliphatic rings. The molecule has 0 spiro atoms. The van der Waals surface area contributed by atoms with Crippen molar-refractivity contribution in [1.82, 2.24) is 10.2 Å². The van der Waals surface area contributed by atoms with Crippen molar-refractivity contribution in [2.75, 3.05) is 13.1 Å². The van der Waals surface area contributed by atoms with Gasteiger partial charge in [0, 0.05) is 19.5 Å². The van der Waals surface area contributed by atoms with Gasteiger partial charge >= 0.3 is 0 Å². The average Bonchev–Trinajstić information content (AvgIpc) is 3.31. The van der Waals surface area contributed by atoms with Crippen molar-refractivity contribution in [3.8, 4) is 0 Å². The highest BCUT2D eigenvalue weighted by Gasteiger charge is 2.35. The third-order valence-corrected chi connectivity index (χ3v) is 4.37. The van der Waals surface area contributed by atoms with Gasteiger partial charge in [0.05, 0.1) is 12.4 Å². The molecule has 2 aromatic rings. The zero-order valence-electron chi connectivity index (χ0n) is 13.9. The van der Waals surface area contributed by atoms with E-state index in [2.05, 4.69) is 5.32 Å². The summed E-state index contributed by atoms with van der Waals surface area (Å²) in [5.74, 6) is -0.263. The Bertz CT molecular complexity index is 699. The van der Waals surface area contributed by atoms with Crippen molar-refractivity contribution in [3.63, 3.8) is 0 Å². The summed E-state index contributed by atoms with van der Waals surface area (Å²) in [4.78, 5) is 26.4. The fourth-order valence-corrected chi connectivity index (χ4v) is 3.12. The van der Waals surface area contributed by atoms with Crippen molar-refractivity contribution < 1.29 is 19.1 Å². The number of hydrogen-bond acceptors (Lipinski definition) is 4. The summed E-state index contributed by atoms with van der Waals surface area (Å²) >= 11 is 0. The van der Waals surface area contributed by atoms with E-state index in [1.165, 1.54) is 11.2 Å². The number of benzene rings is 1. The topological polar surface area (TPSA) is 82.8 Å². The van der Waals surface area contributed by atoms with Crippen LogP contribution in [0.15, 0.2) is 53.1 Å². The molecule has 1 saturated heterocycles. The number of likely N-dealkylation sites (tertiary alicyclic amines) is 1. The highest BCUT2D eigenvalue weighted by molar-refractivity contribution is 5.95. The lowest BCUT2D eigenvalue weighted by molar-refractivity contribution is -0.125. The van der Waals surface area contributed by atoms with E-state index in [4.69, 9.17) is 4.42 Å².